The van der Waals surface area contributed by atoms with E-state index in [-0.39, 0.29) is 0 Å². The SMILES string of the molecule is CC1CCSC(NC(C)C(C)C)=N1. The molecule has 3 heteroatoms. The molecular weight excluding hydrogens is 180 g/mol. The standard InChI is InChI=1S/C10H20N2S/c1-7(2)9(4)12-10-11-8(3)5-6-13-10/h7-9H,5-6H2,1-4H3,(H,11,12). The van der Waals surface area contributed by atoms with Crippen molar-refractivity contribution in [2.75, 3.05) is 5.75 Å². The van der Waals surface area contributed by atoms with Crippen molar-refractivity contribution in [1.29, 1.82) is 0 Å². The maximum Gasteiger partial charge on any atom is 0.157 e. The minimum atomic E-state index is 0.503. The molecule has 2 unspecified atom stereocenters. The Morgan fingerprint density at radius 2 is 2.15 bits per heavy atom. The van der Waals surface area contributed by atoms with E-state index in [2.05, 4.69) is 38.0 Å². The molecule has 1 heterocycles. The molecule has 0 saturated heterocycles. The van der Waals surface area contributed by atoms with Crippen molar-refractivity contribution in [2.24, 2.45) is 10.9 Å². The largest absolute Gasteiger partial charge is 0.362 e. The summed E-state index contributed by atoms with van der Waals surface area (Å²) < 4.78 is 0. The average molecular weight is 200 g/mol. The van der Waals surface area contributed by atoms with E-state index in [1.807, 2.05) is 11.8 Å². The molecule has 0 aliphatic carbocycles. The Balaban J connectivity index is 2.43. The van der Waals surface area contributed by atoms with Crippen LogP contribution in [0.3, 0.4) is 0 Å². The summed E-state index contributed by atoms with van der Waals surface area (Å²) in [7, 11) is 0. The molecule has 2 nitrogen and oxygen atoms in total. The summed E-state index contributed by atoms with van der Waals surface area (Å²) in [4.78, 5) is 4.57. The van der Waals surface area contributed by atoms with Crippen LogP contribution in [-0.4, -0.2) is 23.0 Å². The minimum absolute atomic E-state index is 0.503. The fraction of sp³-hybridized carbons (Fsp3) is 0.900. The van der Waals surface area contributed by atoms with Gasteiger partial charge in [-0.15, -0.1) is 0 Å². The van der Waals surface area contributed by atoms with Gasteiger partial charge in [-0.2, -0.15) is 0 Å². The molecule has 0 bridgehead atoms. The zero-order valence-corrected chi connectivity index (χ0v) is 9.82. The van der Waals surface area contributed by atoms with Gasteiger partial charge in [0.05, 0.1) is 6.04 Å². The van der Waals surface area contributed by atoms with Crippen LogP contribution in [-0.2, 0) is 0 Å². The van der Waals surface area contributed by atoms with Gasteiger partial charge >= 0.3 is 0 Å². The second-order valence-corrected chi connectivity index (χ2v) is 5.18. The fourth-order valence-electron chi connectivity index (χ4n) is 1.07. The molecule has 1 aliphatic heterocycles. The maximum atomic E-state index is 4.57. The van der Waals surface area contributed by atoms with Crippen molar-refractivity contribution in [2.45, 2.75) is 46.2 Å². The first-order valence-corrected chi connectivity index (χ1v) is 6.05. The first-order valence-electron chi connectivity index (χ1n) is 5.06. The van der Waals surface area contributed by atoms with Crippen molar-refractivity contribution in [1.82, 2.24) is 5.32 Å². The second-order valence-electron chi connectivity index (χ2n) is 4.10. The molecule has 0 amide bonds. The van der Waals surface area contributed by atoms with Gasteiger partial charge in [-0.25, -0.2) is 0 Å². The van der Waals surface area contributed by atoms with Crippen LogP contribution in [0.5, 0.6) is 0 Å². The van der Waals surface area contributed by atoms with Crippen LogP contribution in [0.4, 0.5) is 0 Å². The lowest BCUT2D eigenvalue weighted by Crippen LogP contribution is -2.36. The molecule has 0 fully saturated rings. The van der Waals surface area contributed by atoms with E-state index in [0.29, 0.717) is 18.0 Å². The number of rotatable bonds is 2. The molecular formula is C10H20N2S. The van der Waals surface area contributed by atoms with Crippen molar-refractivity contribution >= 4 is 16.9 Å². The number of nitrogens with one attached hydrogen (secondary N) is 1. The summed E-state index contributed by atoms with van der Waals surface area (Å²) in [5.74, 6) is 1.87. The lowest BCUT2D eigenvalue weighted by molar-refractivity contribution is 0.487. The average Bonchev–Trinajstić information content (AvgIpc) is 2.04. The highest BCUT2D eigenvalue weighted by Crippen LogP contribution is 2.16. The summed E-state index contributed by atoms with van der Waals surface area (Å²) in [5, 5.41) is 4.60. The van der Waals surface area contributed by atoms with Gasteiger partial charge in [-0.3, -0.25) is 4.99 Å². The number of hydrogen-bond donors (Lipinski definition) is 1. The molecule has 0 aromatic carbocycles. The predicted molar refractivity (Wildman–Crippen MR) is 61.4 cm³/mol. The molecule has 0 aromatic rings. The highest BCUT2D eigenvalue weighted by Gasteiger charge is 2.14. The van der Waals surface area contributed by atoms with Crippen LogP contribution in [0.1, 0.15) is 34.1 Å². The van der Waals surface area contributed by atoms with Gasteiger partial charge in [0.1, 0.15) is 0 Å². The van der Waals surface area contributed by atoms with E-state index in [9.17, 15) is 0 Å². The summed E-state index contributed by atoms with van der Waals surface area (Å²) in [5.41, 5.74) is 0. The number of thioether (sulfide) groups is 1. The Hall–Kier alpha value is -0.180. The molecule has 0 aromatic heterocycles. The van der Waals surface area contributed by atoms with Crippen molar-refractivity contribution in [3.05, 3.63) is 0 Å². The quantitative estimate of drug-likeness (QED) is 0.740. The maximum absolute atomic E-state index is 4.57. The Kier molecular flexibility index (Phi) is 4.10. The number of hydrogen-bond acceptors (Lipinski definition) is 3. The van der Waals surface area contributed by atoms with Crippen LogP contribution in [0.2, 0.25) is 0 Å². The molecule has 1 N–H and O–H groups in total. The molecule has 1 aliphatic rings. The Bertz CT molecular complexity index is 189. The van der Waals surface area contributed by atoms with Crippen LogP contribution >= 0.6 is 11.8 Å². The van der Waals surface area contributed by atoms with Crippen LogP contribution in [0, 0.1) is 5.92 Å². The third-order valence-electron chi connectivity index (χ3n) is 2.46. The molecule has 0 spiro atoms. The van der Waals surface area contributed by atoms with Gasteiger partial charge in [-0.05, 0) is 26.2 Å². The van der Waals surface area contributed by atoms with Gasteiger partial charge in [0, 0.05) is 11.8 Å². The number of amidine groups is 1. The first-order chi connectivity index (χ1) is 6.09. The van der Waals surface area contributed by atoms with E-state index in [1.54, 1.807) is 0 Å². The summed E-state index contributed by atoms with van der Waals surface area (Å²) in [6.45, 7) is 8.86. The van der Waals surface area contributed by atoms with Gasteiger partial charge in [0.2, 0.25) is 0 Å². The van der Waals surface area contributed by atoms with E-state index >= 15 is 0 Å². The van der Waals surface area contributed by atoms with E-state index < -0.39 is 0 Å². The summed E-state index contributed by atoms with van der Waals surface area (Å²) >= 11 is 1.85. The first kappa shape index (κ1) is 10.9. The zero-order valence-electron chi connectivity index (χ0n) is 9.00. The van der Waals surface area contributed by atoms with Gasteiger partial charge in [0.15, 0.2) is 5.17 Å². The van der Waals surface area contributed by atoms with Crippen LogP contribution in [0.25, 0.3) is 0 Å². The van der Waals surface area contributed by atoms with Crippen molar-refractivity contribution in [3.8, 4) is 0 Å². The Morgan fingerprint density at radius 1 is 1.46 bits per heavy atom. The molecule has 2 atom stereocenters. The third-order valence-corrected chi connectivity index (χ3v) is 3.40. The van der Waals surface area contributed by atoms with Gasteiger partial charge in [0.25, 0.3) is 0 Å². The molecule has 0 saturated carbocycles. The summed E-state index contributed by atoms with van der Waals surface area (Å²) in [6, 6.07) is 1.03. The lowest BCUT2D eigenvalue weighted by atomic mass is 10.1. The zero-order chi connectivity index (χ0) is 9.84. The molecule has 0 radical (unpaired) electrons. The van der Waals surface area contributed by atoms with E-state index in [4.69, 9.17) is 0 Å². The van der Waals surface area contributed by atoms with E-state index in [0.717, 1.165) is 5.17 Å². The Morgan fingerprint density at radius 3 is 2.69 bits per heavy atom. The number of aliphatic imine (C=N–C) groups is 1. The summed E-state index contributed by atoms with van der Waals surface area (Å²) in [6.07, 6.45) is 1.21. The highest BCUT2D eigenvalue weighted by molar-refractivity contribution is 8.13. The minimum Gasteiger partial charge on any atom is -0.362 e. The monoisotopic (exact) mass is 200 g/mol. The lowest BCUT2D eigenvalue weighted by Gasteiger charge is -2.23. The highest BCUT2D eigenvalue weighted by atomic mass is 32.2. The second kappa shape index (κ2) is 4.89. The van der Waals surface area contributed by atoms with Gasteiger partial charge < -0.3 is 5.32 Å². The predicted octanol–water partition coefficient (Wildman–Crippen LogP) is 2.50. The van der Waals surface area contributed by atoms with E-state index in [1.165, 1.54) is 12.2 Å². The third kappa shape index (κ3) is 3.59. The van der Waals surface area contributed by atoms with Crippen molar-refractivity contribution < 1.29 is 0 Å². The molecule has 13 heavy (non-hydrogen) atoms. The van der Waals surface area contributed by atoms with Crippen LogP contribution < -0.4 is 5.32 Å². The fourth-order valence-corrected chi connectivity index (χ4v) is 2.24. The number of nitrogens with zero attached hydrogens (tertiary/aromatic N) is 1. The normalized spacial score (nSPS) is 25.6. The van der Waals surface area contributed by atoms with Crippen molar-refractivity contribution in [3.63, 3.8) is 0 Å². The smallest absolute Gasteiger partial charge is 0.157 e. The Labute approximate surface area is 85.6 Å². The molecule has 76 valence electrons. The molecule has 1 rings (SSSR count). The topological polar surface area (TPSA) is 24.4 Å². The van der Waals surface area contributed by atoms with Gasteiger partial charge in [-0.1, -0.05) is 25.6 Å². The van der Waals surface area contributed by atoms with Crippen LogP contribution in [0.15, 0.2) is 4.99 Å².